The molecule has 8 heteroatoms. The minimum Gasteiger partial charge on any atom is -0.503 e. The van der Waals surface area contributed by atoms with Crippen molar-refractivity contribution in [3.8, 4) is 0 Å². The van der Waals surface area contributed by atoms with E-state index in [-0.39, 0.29) is 11.3 Å². The lowest BCUT2D eigenvalue weighted by Crippen LogP contribution is -2.30. The van der Waals surface area contributed by atoms with Crippen LogP contribution >= 0.6 is 27.3 Å². The predicted molar refractivity (Wildman–Crippen MR) is 131 cm³/mol. The number of aryl methyl sites for hydroxylation is 3. The van der Waals surface area contributed by atoms with Crippen LogP contribution in [0.3, 0.4) is 0 Å². The van der Waals surface area contributed by atoms with Crippen LogP contribution in [-0.2, 0) is 4.79 Å². The molecule has 0 bridgehead atoms. The molecule has 2 aromatic heterocycles. The number of nitrogens with zero attached hydrogens (tertiary/aromatic N) is 2. The Morgan fingerprint density at radius 2 is 1.85 bits per heavy atom. The lowest BCUT2D eigenvalue weighted by atomic mass is 9.95. The average molecular weight is 523 g/mol. The molecular weight excluding hydrogens is 504 g/mol. The second-order valence-corrected chi connectivity index (χ2v) is 9.98. The van der Waals surface area contributed by atoms with E-state index >= 15 is 0 Å². The van der Waals surface area contributed by atoms with Gasteiger partial charge in [0, 0.05) is 4.47 Å². The molecule has 3 heterocycles. The molecule has 1 atom stereocenters. The maximum atomic E-state index is 13.4. The van der Waals surface area contributed by atoms with Crippen molar-refractivity contribution < 1.29 is 19.1 Å². The molecule has 0 saturated carbocycles. The van der Waals surface area contributed by atoms with Crippen LogP contribution in [0.15, 0.2) is 68.8 Å². The zero-order valence-corrected chi connectivity index (χ0v) is 20.5. The second-order valence-electron chi connectivity index (χ2n) is 8.06. The van der Waals surface area contributed by atoms with Crippen LogP contribution in [0, 0.1) is 20.8 Å². The highest BCUT2D eigenvalue weighted by Crippen LogP contribution is 2.44. The quantitative estimate of drug-likeness (QED) is 0.315. The van der Waals surface area contributed by atoms with E-state index in [1.165, 1.54) is 16.2 Å². The van der Waals surface area contributed by atoms with Gasteiger partial charge < -0.3 is 9.52 Å². The number of fused-ring (bicyclic) bond motifs is 1. The predicted octanol–water partition coefficient (Wildman–Crippen LogP) is 6.36. The van der Waals surface area contributed by atoms with Gasteiger partial charge in [-0.05, 0) is 67.8 Å². The van der Waals surface area contributed by atoms with Crippen molar-refractivity contribution in [3.63, 3.8) is 0 Å². The number of halogens is 1. The van der Waals surface area contributed by atoms with Crippen molar-refractivity contribution in [3.05, 3.63) is 92.5 Å². The SMILES string of the molecule is Cc1cc(C)c2nc(N3C(=O)C(O)=C(C(=O)c4ccc(C)o4)C3c3ccc(Br)cc3)sc2c1. The fraction of sp³-hybridized carbons (Fsp3) is 0.160. The van der Waals surface area contributed by atoms with E-state index in [4.69, 9.17) is 9.40 Å². The average Bonchev–Trinajstić information content (AvgIpc) is 3.45. The molecular formula is C25H19BrN2O4S. The Morgan fingerprint density at radius 1 is 1.12 bits per heavy atom. The highest BCUT2D eigenvalue weighted by atomic mass is 79.9. The van der Waals surface area contributed by atoms with E-state index in [2.05, 4.69) is 15.9 Å². The molecule has 2 aromatic carbocycles. The van der Waals surface area contributed by atoms with E-state index in [0.29, 0.717) is 16.5 Å². The molecule has 0 radical (unpaired) electrons. The molecule has 0 saturated heterocycles. The minimum absolute atomic E-state index is 0.0242. The van der Waals surface area contributed by atoms with Gasteiger partial charge in [0.25, 0.3) is 5.91 Å². The number of ketones is 1. The summed E-state index contributed by atoms with van der Waals surface area (Å²) < 4.78 is 7.31. The van der Waals surface area contributed by atoms with E-state index in [0.717, 1.165) is 25.8 Å². The number of Topliss-reactive ketones (excluding diaryl/α,β-unsaturated/α-hetero) is 1. The number of anilines is 1. The Kier molecular flexibility index (Phi) is 5.22. The molecule has 0 spiro atoms. The number of amides is 1. The molecule has 0 fully saturated rings. The standard InChI is InChI=1S/C25H19BrN2O4S/c1-12-10-13(2)20-18(11-12)33-25(27-20)28-21(15-5-7-16(26)8-6-15)19(23(30)24(28)31)22(29)17-9-4-14(3)32-17/h4-11,21,30H,1-3H3. The highest BCUT2D eigenvalue weighted by Gasteiger charge is 2.46. The fourth-order valence-corrected chi connectivity index (χ4v) is 5.58. The van der Waals surface area contributed by atoms with E-state index in [1.807, 2.05) is 50.2 Å². The number of aliphatic hydroxyl groups is 1. The van der Waals surface area contributed by atoms with Crippen LogP contribution in [-0.4, -0.2) is 21.8 Å². The number of aliphatic hydroxyl groups excluding tert-OH is 1. The first-order valence-corrected chi connectivity index (χ1v) is 11.9. The summed E-state index contributed by atoms with van der Waals surface area (Å²) in [6.07, 6.45) is 0. The normalized spacial score (nSPS) is 16.3. The number of carbonyl (C=O) groups is 2. The summed E-state index contributed by atoms with van der Waals surface area (Å²) in [5, 5.41) is 11.3. The fourth-order valence-electron chi connectivity index (χ4n) is 4.15. The van der Waals surface area contributed by atoms with Crippen LogP contribution < -0.4 is 4.90 Å². The van der Waals surface area contributed by atoms with Gasteiger partial charge in [0.1, 0.15) is 5.76 Å². The summed E-state index contributed by atoms with van der Waals surface area (Å²) in [5.41, 5.74) is 3.54. The molecule has 1 aliphatic rings. The van der Waals surface area contributed by atoms with Crippen LogP contribution in [0.2, 0.25) is 0 Å². The van der Waals surface area contributed by atoms with Gasteiger partial charge >= 0.3 is 0 Å². The first-order valence-electron chi connectivity index (χ1n) is 10.3. The molecule has 1 amide bonds. The van der Waals surface area contributed by atoms with Crippen molar-refractivity contribution in [1.29, 1.82) is 0 Å². The first kappa shape index (κ1) is 21.6. The number of rotatable bonds is 4. The maximum absolute atomic E-state index is 13.4. The van der Waals surface area contributed by atoms with Gasteiger partial charge in [-0.2, -0.15) is 0 Å². The molecule has 0 aliphatic carbocycles. The van der Waals surface area contributed by atoms with Gasteiger partial charge in [0.15, 0.2) is 16.7 Å². The van der Waals surface area contributed by atoms with Crippen molar-refractivity contribution in [2.45, 2.75) is 26.8 Å². The number of hydrogen-bond donors (Lipinski definition) is 1. The third kappa shape index (κ3) is 3.59. The summed E-state index contributed by atoms with van der Waals surface area (Å²) in [4.78, 5) is 32.9. The molecule has 5 rings (SSSR count). The van der Waals surface area contributed by atoms with Crippen LogP contribution in [0.4, 0.5) is 5.13 Å². The zero-order valence-electron chi connectivity index (χ0n) is 18.0. The van der Waals surface area contributed by atoms with Gasteiger partial charge in [0.05, 0.1) is 21.8 Å². The smallest absolute Gasteiger partial charge is 0.296 e. The molecule has 1 unspecified atom stereocenters. The number of carbonyl (C=O) groups excluding carboxylic acids is 2. The van der Waals surface area contributed by atoms with Crippen molar-refractivity contribution in [2.24, 2.45) is 0 Å². The maximum Gasteiger partial charge on any atom is 0.296 e. The Balaban J connectivity index is 1.69. The van der Waals surface area contributed by atoms with Gasteiger partial charge in [-0.15, -0.1) is 0 Å². The summed E-state index contributed by atoms with van der Waals surface area (Å²) in [5.74, 6) is -1.15. The highest BCUT2D eigenvalue weighted by molar-refractivity contribution is 9.10. The Morgan fingerprint density at radius 3 is 2.52 bits per heavy atom. The number of aromatic nitrogens is 1. The third-order valence-electron chi connectivity index (χ3n) is 5.63. The number of hydrogen-bond acceptors (Lipinski definition) is 6. The van der Waals surface area contributed by atoms with Crippen molar-refractivity contribution >= 4 is 54.3 Å². The zero-order chi connectivity index (χ0) is 23.4. The van der Waals surface area contributed by atoms with E-state index in [1.54, 1.807) is 19.1 Å². The number of thiazole rings is 1. The Labute approximate surface area is 202 Å². The van der Waals surface area contributed by atoms with Gasteiger partial charge in [-0.25, -0.2) is 4.98 Å². The third-order valence-corrected chi connectivity index (χ3v) is 7.16. The topological polar surface area (TPSA) is 83.6 Å². The lowest BCUT2D eigenvalue weighted by Gasteiger charge is -2.24. The van der Waals surface area contributed by atoms with E-state index in [9.17, 15) is 14.7 Å². The summed E-state index contributed by atoms with van der Waals surface area (Å²) >= 11 is 4.78. The molecule has 1 aliphatic heterocycles. The van der Waals surface area contributed by atoms with Crippen molar-refractivity contribution in [1.82, 2.24) is 4.98 Å². The summed E-state index contributed by atoms with van der Waals surface area (Å²) in [7, 11) is 0. The molecule has 1 N–H and O–H groups in total. The molecule has 4 aromatic rings. The van der Waals surface area contributed by atoms with Gasteiger partial charge in [-0.1, -0.05) is 45.5 Å². The Hall–Kier alpha value is -3.23. The van der Waals surface area contributed by atoms with Gasteiger partial charge in [0.2, 0.25) is 5.78 Å². The lowest BCUT2D eigenvalue weighted by molar-refractivity contribution is -0.117. The monoisotopic (exact) mass is 522 g/mol. The minimum atomic E-state index is -0.842. The van der Waals surface area contributed by atoms with Crippen molar-refractivity contribution in [2.75, 3.05) is 4.90 Å². The van der Waals surface area contributed by atoms with Crippen LogP contribution in [0.5, 0.6) is 0 Å². The first-order chi connectivity index (χ1) is 15.7. The molecule has 6 nitrogen and oxygen atoms in total. The van der Waals surface area contributed by atoms with Crippen LogP contribution in [0.1, 0.15) is 39.0 Å². The molecule has 33 heavy (non-hydrogen) atoms. The Bertz CT molecular complexity index is 1470. The molecule has 166 valence electrons. The number of benzene rings is 2. The van der Waals surface area contributed by atoms with E-state index < -0.39 is 23.5 Å². The van der Waals surface area contributed by atoms with Gasteiger partial charge in [-0.3, -0.25) is 14.5 Å². The summed E-state index contributed by atoms with van der Waals surface area (Å²) in [6.45, 7) is 5.71. The second kappa shape index (κ2) is 7.97. The summed E-state index contributed by atoms with van der Waals surface area (Å²) in [6, 6.07) is 13.7. The number of furan rings is 1. The van der Waals surface area contributed by atoms with Crippen LogP contribution in [0.25, 0.3) is 10.2 Å². The largest absolute Gasteiger partial charge is 0.503 e.